The summed E-state index contributed by atoms with van der Waals surface area (Å²) in [4.78, 5) is 27.7. The number of benzene rings is 1. The van der Waals surface area contributed by atoms with Gasteiger partial charge in [0, 0.05) is 31.6 Å². The molecule has 0 bridgehead atoms. The smallest absolute Gasteiger partial charge is 0.410 e. The molecule has 3 rings (SSSR count). The van der Waals surface area contributed by atoms with Gasteiger partial charge in [-0.1, -0.05) is 30.3 Å². The van der Waals surface area contributed by atoms with E-state index < -0.39 is 38.6 Å². The Labute approximate surface area is 176 Å². The molecule has 9 nitrogen and oxygen atoms in total. The number of amides is 2. The Balaban J connectivity index is 1.71. The summed E-state index contributed by atoms with van der Waals surface area (Å²) in [6.07, 6.45) is -0.863. The molecule has 1 spiro atoms. The van der Waals surface area contributed by atoms with Gasteiger partial charge >= 0.3 is 12.2 Å². The van der Waals surface area contributed by atoms with Crippen molar-refractivity contribution in [3.05, 3.63) is 35.9 Å². The van der Waals surface area contributed by atoms with E-state index in [0.717, 1.165) is 5.56 Å². The van der Waals surface area contributed by atoms with Crippen LogP contribution in [-0.2, 0) is 26.2 Å². The van der Waals surface area contributed by atoms with E-state index >= 15 is 0 Å². The van der Waals surface area contributed by atoms with E-state index in [9.17, 15) is 22.6 Å². The third-order valence-corrected chi connectivity index (χ3v) is 6.80. The van der Waals surface area contributed by atoms with Crippen LogP contribution in [0.15, 0.2) is 30.3 Å². The van der Waals surface area contributed by atoms with Crippen LogP contribution >= 0.6 is 0 Å². The lowest BCUT2D eigenvalue weighted by atomic mass is 9.86. The van der Waals surface area contributed by atoms with Crippen molar-refractivity contribution in [1.29, 1.82) is 0 Å². The van der Waals surface area contributed by atoms with Gasteiger partial charge in [-0.25, -0.2) is 9.59 Å². The maximum Gasteiger partial charge on any atom is 0.410 e. The molecule has 1 aromatic rings. The van der Waals surface area contributed by atoms with Crippen molar-refractivity contribution in [2.75, 3.05) is 26.2 Å². The predicted octanol–water partition coefficient (Wildman–Crippen LogP) is 2.52. The summed E-state index contributed by atoms with van der Waals surface area (Å²) in [6, 6.07) is 9.13. The minimum absolute atomic E-state index is 0.0593. The van der Waals surface area contributed by atoms with Gasteiger partial charge in [-0.05, 0) is 32.8 Å². The molecule has 2 heterocycles. The van der Waals surface area contributed by atoms with Crippen molar-refractivity contribution in [1.82, 2.24) is 9.80 Å². The van der Waals surface area contributed by atoms with Crippen LogP contribution in [0.4, 0.5) is 9.59 Å². The summed E-state index contributed by atoms with van der Waals surface area (Å²) in [5.41, 5.74) is -0.836. The molecule has 166 valence electrons. The van der Waals surface area contributed by atoms with Gasteiger partial charge in [0.15, 0.2) is 0 Å². The minimum atomic E-state index is -4.44. The first-order chi connectivity index (χ1) is 13.9. The Kier molecular flexibility index (Phi) is 6.01. The largest absolute Gasteiger partial charge is 0.445 e. The molecule has 2 unspecified atom stereocenters. The fourth-order valence-electron chi connectivity index (χ4n) is 4.07. The highest BCUT2D eigenvalue weighted by atomic mass is 32.2. The molecule has 0 saturated carbocycles. The van der Waals surface area contributed by atoms with E-state index in [1.54, 1.807) is 20.8 Å². The molecule has 2 amide bonds. The monoisotopic (exact) mass is 440 g/mol. The Hall–Kier alpha value is -2.33. The third-order valence-electron chi connectivity index (χ3n) is 5.43. The lowest BCUT2D eigenvalue weighted by Crippen LogP contribution is -2.43. The highest BCUT2D eigenvalue weighted by Crippen LogP contribution is 2.43. The first-order valence-electron chi connectivity index (χ1n) is 9.79. The number of hydrogen-bond acceptors (Lipinski definition) is 6. The van der Waals surface area contributed by atoms with Crippen LogP contribution < -0.4 is 0 Å². The van der Waals surface area contributed by atoms with Gasteiger partial charge in [0.25, 0.3) is 10.1 Å². The number of ether oxygens (including phenoxy) is 2. The normalized spacial score (nSPS) is 24.3. The van der Waals surface area contributed by atoms with E-state index in [4.69, 9.17) is 9.47 Å². The van der Waals surface area contributed by atoms with Crippen LogP contribution in [0, 0.1) is 5.41 Å². The lowest BCUT2D eigenvalue weighted by Gasteiger charge is -2.29. The topological polar surface area (TPSA) is 113 Å². The fourth-order valence-corrected chi connectivity index (χ4v) is 5.34. The summed E-state index contributed by atoms with van der Waals surface area (Å²) in [5, 5.41) is -1.19. The minimum Gasteiger partial charge on any atom is -0.445 e. The average molecular weight is 441 g/mol. The zero-order chi connectivity index (χ0) is 22.2. The van der Waals surface area contributed by atoms with Gasteiger partial charge in [0.05, 0.1) is 0 Å². The summed E-state index contributed by atoms with van der Waals surface area (Å²) < 4.78 is 44.7. The van der Waals surface area contributed by atoms with Crippen molar-refractivity contribution in [2.24, 2.45) is 5.41 Å². The standard InChI is InChI=1S/C20H28N2O7S/c1-19(2,3)29-18(24)21-10-9-20(13-21)14-22(11-16(20)30(25,26)27)17(23)28-12-15-7-5-4-6-8-15/h4-8,16H,9-14H2,1-3H3,(H,25,26,27). The number of carbonyl (C=O) groups is 2. The zero-order valence-electron chi connectivity index (χ0n) is 17.4. The summed E-state index contributed by atoms with van der Waals surface area (Å²) in [5.74, 6) is 0. The van der Waals surface area contributed by atoms with E-state index in [-0.39, 0.29) is 32.8 Å². The summed E-state index contributed by atoms with van der Waals surface area (Å²) in [6.45, 7) is 5.55. The number of hydrogen-bond donors (Lipinski definition) is 1. The van der Waals surface area contributed by atoms with Crippen molar-refractivity contribution in [3.63, 3.8) is 0 Å². The second-order valence-corrected chi connectivity index (χ2v) is 10.5. The second-order valence-electron chi connectivity index (χ2n) is 8.94. The number of nitrogens with zero attached hydrogens (tertiary/aromatic N) is 2. The van der Waals surface area contributed by atoms with Crippen molar-refractivity contribution >= 4 is 22.3 Å². The molecule has 1 aromatic carbocycles. The van der Waals surface area contributed by atoms with Crippen LogP contribution in [0.3, 0.4) is 0 Å². The van der Waals surface area contributed by atoms with Crippen LogP contribution in [-0.4, -0.2) is 72.0 Å². The Morgan fingerprint density at radius 1 is 1.13 bits per heavy atom. The molecule has 2 saturated heterocycles. The van der Waals surface area contributed by atoms with Crippen LogP contribution in [0.5, 0.6) is 0 Å². The summed E-state index contributed by atoms with van der Waals surface area (Å²) >= 11 is 0. The summed E-state index contributed by atoms with van der Waals surface area (Å²) in [7, 11) is -4.44. The highest BCUT2D eigenvalue weighted by Gasteiger charge is 2.57. The third kappa shape index (κ3) is 5.04. The van der Waals surface area contributed by atoms with Crippen molar-refractivity contribution < 1.29 is 32.0 Å². The van der Waals surface area contributed by atoms with E-state index in [1.165, 1.54) is 9.80 Å². The Morgan fingerprint density at radius 3 is 2.37 bits per heavy atom. The first-order valence-corrected chi connectivity index (χ1v) is 11.3. The van der Waals surface area contributed by atoms with Crippen molar-refractivity contribution in [3.8, 4) is 0 Å². The molecular formula is C20H28N2O7S. The van der Waals surface area contributed by atoms with Gasteiger partial charge in [0.2, 0.25) is 0 Å². The quantitative estimate of drug-likeness (QED) is 0.719. The lowest BCUT2D eigenvalue weighted by molar-refractivity contribution is 0.0274. The van der Waals surface area contributed by atoms with Crippen molar-refractivity contribution in [2.45, 2.75) is 44.6 Å². The highest BCUT2D eigenvalue weighted by molar-refractivity contribution is 7.86. The number of carbonyl (C=O) groups excluding carboxylic acids is 2. The predicted molar refractivity (Wildman–Crippen MR) is 108 cm³/mol. The molecule has 10 heteroatoms. The number of rotatable bonds is 3. The second kappa shape index (κ2) is 8.07. The van der Waals surface area contributed by atoms with Crippen LogP contribution in [0.1, 0.15) is 32.8 Å². The Bertz CT molecular complexity index is 897. The molecule has 0 aliphatic carbocycles. The number of likely N-dealkylation sites (tertiary alicyclic amines) is 2. The van der Waals surface area contributed by atoms with Gasteiger partial charge in [0.1, 0.15) is 17.5 Å². The molecule has 0 aromatic heterocycles. The average Bonchev–Trinajstić information content (AvgIpc) is 3.24. The molecule has 2 fully saturated rings. The first kappa shape index (κ1) is 22.4. The van der Waals surface area contributed by atoms with Gasteiger partial charge < -0.3 is 19.3 Å². The maximum absolute atomic E-state index is 12.6. The molecule has 1 N–H and O–H groups in total. The maximum atomic E-state index is 12.6. The Morgan fingerprint density at radius 2 is 1.77 bits per heavy atom. The van der Waals surface area contributed by atoms with Gasteiger partial charge in [-0.3, -0.25) is 4.55 Å². The molecule has 2 aliphatic rings. The zero-order valence-corrected chi connectivity index (χ0v) is 18.2. The fraction of sp³-hybridized carbons (Fsp3) is 0.600. The molecule has 30 heavy (non-hydrogen) atoms. The van der Waals surface area contributed by atoms with Crippen LogP contribution in [0.25, 0.3) is 0 Å². The van der Waals surface area contributed by atoms with E-state index in [2.05, 4.69) is 0 Å². The van der Waals surface area contributed by atoms with Gasteiger partial charge in [-0.2, -0.15) is 8.42 Å². The molecule has 2 atom stereocenters. The molecule has 2 aliphatic heterocycles. The van der Waals surface area contributed by atoms with Gasteiger partial charge in [-0.15, -0.1) is 0 Å². The SMILES string of the molecule is CC(C)(C)OC(=O)N1CCC2(CN(C(=O)OCc3ccccc3)CC2S(=O)(=O)O)C1. The van der Waals surface area contributed by atoms with E-state index in [0.29, 0.717) is 6.42 Å². The molecule has 0 radical (unpaired) electrons. The van der Waals surface area contributed by atoms with E-state index in [1.807, 2.05) is 30.3 Å². The molecular weight excluding hydrogens is 412 g/mol. The van der Waals surface area contributed by atoms with Crippen LogP contribution in [0.2, 0.25) is 0 Å².